The van der Waals surface area contributed by atoms with Gasteiger partial charge in [-0.1, -0.05) is 13.5 Å². The van der Waals surface area contributed by atoms with Crippen molar-refractivity contribution >= 4 is 5.69 Å². The van der Waals surface area contributed by atoms with E-state index in [1.807, 2.05) is 18.9 Å². The molecule has 1 aromatic rings. The van der Waals surface area contributed by atoms with Crippen LogP contribution in [0.3, 0.4) is 0 Å². The zero-order valence-corrected chi connectivity index (χ0v) is 12.6. The Bertz CT molecular complexity index is 484. The van der Waals surface area contributed by atoms with Crippen LogP contribution < -0.4 is 15.8 Å². The third-order valence-electron chi connectivity index (χ3n) is 2.93. The first-order chi connectivity index (χ1) is 9.58. The van der Waals surface area contributed by atoms with Crippen molar-refractivity contribution in [2.75, 3.05) is 45.3 Å². The van der Waals surface area contributed by atoms with Crippen LogP contribution in [0.2, 0.25) is 0 Å². The van der Waals surface area contributed by atoms with Crippen molar-refractivity contribution in [1.82, 2.24) is 15.1 Å². The normalized spacial score (nSPS) is 10.6. The minimum absolute atomic E-state index is 0.121. The maximum Gasteiger partial charge on any atom is 0.269 e. The van der Waals surface area contributed by atoms with Crippen molar-refractivity contribution in [2.45, 2.75) is 13.5 Å². The molecule has 112 valence electrons. The van der Waals surface area contributed by atoms with Crippen LogP contribution in [0.4, 0.5) is 5.69 Å². The zero-order chi connectivity index (χ0) is 15.0. The Labute approximate surface area is 120 Å². The number of nitrogens with zero attached hydrogens (tertiary/aromatic N) is 3. The van der Waals surface area contributed by atoms with Gasteiger partial charge in [-0.3, -0.25) is 4.79 Å². The average molecular weight is 280 g/mol. The first kappa shape index (κ1) is 16.4. The van der Waals surface area contributed by atoms with E-state index in [1.54, 1.807) is 19.4 Å². The van der Waals surface area contributed by atoms with E-state index in [0.717, 1.165) is 24.4 Å². The number of anilines is 1. The van der Waals surface area contributed by atoms with Gasteiger partial charge < -0.3 is 15.0 Å². The summed E-state index contributed by atoms with van der Waals surface area (Å²) in [6.45, 7) is 9.31. The predicted octanol–water partition coefficient (Wildman–Crippen LogP) is 0.492. The molecule has 0 aliphatic carbocycles. The predicted molar refractivity (Wildman–Crippen MR) is 81.3 cm³/mol. The number of hydrogen-bond donors (Lipinski definition) is 1. The van der Waals surface area contributed by atoms with Gasteiger partial charge in [0.2, 0.25) is 0 Å². The first-order valence-corrected chi connectivity index (χ1v) is 6.73. The van der Waals surface area contributed by atoms with Crippen molar-refractivity contribution in [3.8, 4) is 0 Å². The molecule has 1 N–H and O–H groups in total. The number of aromatic nitrogens is 2. The van der Waals surface area contributed by atoms with Gasteiger partial charge in [0.15, 0.2) is 0 Å². The molecule has 20 heavy (non-hydrogen) atoms. The number of rotatable bonds is 9. The molecule has 0 saturated heterocycles. The molecule has 1 aromatic heterocycles. The highest BCUT2D eigenvalue weighted by molar-refractivity contribution is 5.41. The van der Waals surface area contributed by atoms with E-state index in [2.05, 4.69) is 17.0 Å². The fourth-order valence-corrected chi connectivity index (χ4v) is 1.68. The minimum atomic E-state index is -0.121. The van der Waals surface area contributed by atoms with Gasteiger partial charge in [-0.25, -0.2) is 4.68 Å². The van der Waals surface area contributed by atoms with Crippen molar-refractivity contribution in [3.05, 3.63) is 34.8 Å². The molecule has 1 rings (SSSR count). The summed E-state index contributed by atoms with van der Waals surface area (Å²) in [6, 6.07) is 1.59. The molecule has 0 amide bonds. The highest BCUT2D eigenvalue weighted by atomic mass is 16.5. The highest BCUT2D eigenvalue weighted by Gasteiger charge is 2.05. The summed E-state index contributed by atoms with van der Waals surface area (Å²) in [5.74, 6) is 0. The van der Waals surface area contributed by atoms with E-state index < -0.39 is 0 Å². The van der Waals surface area contributed by atoms with Crippen molar-refractivity contribution in [2.24, 2.45) is 0 Å². The van der Waals surface area contributed by atoms with Gasteiger partial charge in [0.05, 0.1) is 25.0 Å². The second kappa shape index (κ2) is 8.50. The van der Waals surface area contributed by atoms with Gasteiger partial charge in [-0.15, -0.1) is 0 Å². The average Bonchev–Trinajstić information content (AvgIpc) is 2.44. The molecule has 0 aromatic carbocycles. The lowest BCUT2D eigenvalue weighted by Crippen LogP contribution is -2.29. The SMILES string of the molecule is C=C(CNCC)Cn1ncc(N(C)CCOC)cc1=O. The van der Waals surface area contributed by atoms with Crippen LogP contribution in [0.25, 0.3) is 0 Å². The molecular formula is C14H24N4O2. The Morgan fingerprint density at radius 3 is 2.95 bits per heavy atom. The van der Waals surface area contributed by atoms with E-state index in [4.69, 9.17) is 4.74 Å². The summed E-state index contributed by atoms with van der Waals surface area (Å²) in [5, 5.41) is 7.36. The smallest absolute Gasteiger partial charge is 0.269 e. The van der Waals surface area contributed by atoms with Gasteiger partial charge in [0.1, 0.15) is 0 Å². The second-order valence-corrected chi connectivity index (χ2v) is 4.65. The molecule has 6 heteroatoms. The van der Waals surface area contributed by atoms with Gasteiger partial charge in [-0.2, -0.15) is 5.10 Å². The second-order valence-electron chi connectivity index (χ2n) is 4.65. The molecular weight excluding hydrogens is 256 g/mol. The molecule has 0 aliphatic heterocycles. The summed E-state index contributed by atoms with van der Waals surface area (Å²) >= 11 is 0. The van der Waals surface area contributed by atoms with Crippen LogP contribution in [0.5, 0.6) is 0 Å². The summed E-state index contributed by atoms with van der Waals surface area (Å²) in [4.78, 5) is 13.9. The maximum absolute atomic E-state index is 12.0. The largest absolute Gasteiger partial charge is 0.383 e. The fourth-order valence-electron chi connectivity index (χ4n) is 1.68. The Morgan fingerprint density at radius 2 is 2.35 bits per heavy atom. The van der Waals surface area contributed by atoms with Crippen molar-refractivity contribution in [3.63, 3.8) is 0 Å². The van der Waals surface area contributed by atoms with Crippen LogP contribution in [-0.4, -0.2) is 50.2 Å². The molecule has 0 radical (unpaired) electrons. The summed E-state index contributed by atoms with van der Waals surface area (Å²) < 4.78 is 6.44. The van der Waals surface area contributed by atoms with Crippen LogP contribution in [0.1, 0.15) is 6.92 Å². The molecule has 1 heterocycles. The number of likely N-dealkylation sites (N-methyl/N-ethyl adjacent to an activating group) is 2. The Kier molecular flexibility index (Phi) is 6.97. The van der Waals surface area contributed by atoms with E-state index in [9.17, 15) is 4.79 Å². The number of ether oxygens (including phenoxy) is 1. The van der Waals surface area contributed by atoms with E-state index in [0.29, 0.717) is 19.7 Å². The van der Waals surface area contributed by atoms with Gasteiger partial charge >= 0.3 is 0 Å². The third-order valence-corrected chi connectivity index (χ3v) is 2.93. The molecule has 0 spiro atoms. The monoisotopic (exact) mass is 280 g/mol. The zero-order valence-electron chi connectivity index (χ0n) is 12.6. The lowest BCUT2D eigenvalue weighted by atomic mass is 10.3. The lowest BCUT2D eigenvalue weighted by molar-refractivity contribution is 0.206. The van der Waals surface area contributed by atoms with Crippen molar-refractivity contribution < 1.29 is 4.74 Å². The van der Waals surface area contributed by atoms with E-state index in [-0.39, 0.29) is 5.56 Å². The van der Waals surface area contributed by atoms with Gasteiger partial charge in [0.25, 0.3) is 5.56 Å². The first-order valence-electron chi connectivity index (χ1n) is 6.73. The van der Waals surface area contributed by atoms with Crippen LogP contribution in [0.15, 0.2) is 29.2 Å². The third kappa shape index (κ3) is 5.14. The Hall–Kier alpha value is -1.66. The molecule has 6 nitrogen and oxygen atoms in total. The Morgan fingerprint density at radius 1 is 1.60 bits per heavy atom. The minimum Gasteiger partial charge on any atom is -0.383 e. The van der Waals surface area contributed by atoms with E-state index in [1.165, 1.54) is 4.68 Å². The van der Waals surface area contributed by atoms with Crippen LogP contribution >= 0.6 is 0 Å². The molecule has 0 fully saturated rings. The van der Waals surface area contributed by atoms with E-state index >= 15 is 0 Å². The van der Waals surface area contributed by atoms with Crippen LogP contribution in [0, 0.1) is 0 Å². The summed E-state index contributed by atoms with van der Waals surface area (Å²) in [5.41, 5.74) is 1.60. The maximum atomic E-state index is 12.0. The highest BCUT2D eigenvalue weighted by Crippen LogP contribution is 2.06. The van der Waals surface area contributed by atoms with Gasteiger partial charge in [-0.05, 0) is 12.1 Å². The topological polar surface area (TPSA) is 59.4 Å². The quantitative estimate of drug-likeness (QED) is 0.667. The standard InChI is InChI=1S/C14H24N4O2/c1-5-15-9-12(2)11-18-14(19)8-13(10-16-18)17(3)6-7-20-4/h8,10,15H,2,5-7,9,11H2,1,3-4H3. The lowest BCUT2D eigenvalue weighted by Gasteiger charge is -2.18. The fraction of sp³-hybridized carbons (Fsp3) is 0.571. The number of methoxy groups -OCH3 is 1. The summed E-state index contributed by atoms with van der Waals surface area (Å²) in [7, 11) is 3.56. The van der Waals surface area contributed by atoms with Crippen molar-refractivity contribution in [1.29, 1.82) is 0 Å². The van der Waals surface area contributed by atoms with Gasteiger partial charge in [0, 0.05) is 33.3 Å². The molecule has 0 atom stereocenters. The summed E-state index contributed by atoms with van der Waals surface area (Å²) in [6.07, 6.45) is 1.69. The van der Waals surface area contributed by atoms with Crippen LogP contribution in [-0.2, 0) is 11.3 Å². The Balaban J connectivity index is 2.68. The molecule has 0 bridgehead atoms. The molecule has 0 unspecified atom stereocenters. The number of hydrogen-bond acceptors (Lipinski definition) is 5. The molecule has 0 saturated carbocycles. The molecule has 0 aliphatic rings. The number of nitrogens with one attached hydrogen (secondary N) is 1.